The first-order valence-corrected chi connectivity index (χ1v) is 7.60. The molecule has 0 radical (unpaired) electrons. The van der Waals surface area contributed by atoms with Crippen LogP contribution in [0.3, 0.4) is 0 Å². The van der Waals surface area contributed by atoms with Crippen molar-refractivity contribution in [1.82, 2.24) is 14.8 Å². The fourth-order valence-corrected chi connectivity index (χ4v) is 2.81. The van der Waals surface area contributed by atoms with Gasteiger partial charge in [-0.1, -0.05) is 18.2 Å². The zero-order valence-corrected chi connectivity index (χ0v) is 12.2. The molecule has 4 nitrogen and oxygen atoms in total. The molecule has 110 valence electrons. The Morgan fingerprint density at radius 2 is 1.86 bits per heavy atom. The summed E-state index contributed by atoms with van der Waals surface area (Å²) in [6.07, 6.45) is 11.8. The van der Waals surface area contributed by atoms with Crippen LogP contribution in [-0.2, 0) is 11.3 Å². The molecule has 1 aromatic heterocycles. The van der Waals surface area contributed by atoms with Gasteiger partial charge in [0.1, 0.15) is 0 Å². The number of hydrogen-bond donors (Lipinski definition) is 0. The first kappa shape index (κ1) is 14.0. The van der Waals surface area contributed by atoms with Crippen molar-refractivity contribution in [1.29, 1.82) is 0 Å². The second kappa shape index (κ2) is 6.68. The molecule has 2 heterocycles. The van der Waals surface area contributed by atoms with Gasteiger partial charge in [0.25, 0.3) is 5.91 Å². The molecule has 1 amide bonds. The average Bonchev–Trinajstić information content (AvgIpc) is 2.57. The summed E-state index contributed by atoms with van der Waals surface area (Å²) in [6.45, 7) is 4.44. The number of nitrogens with zero attached hydrogens (tertiary/aromatic N) is 3. The predicted molar refractivity (Wildman–Crippen MR) is 82.6 cm³/mol. The third-order valence-electron chi connectivity index (χ3n) is 4.06. The second-order valence-electron chi connectivity index (χ2n) is 5.56. The van der Waals surface area contributed by atoms with Crippen LogP contribution in [0.4, 0.5) is 0 Å². The van der Waals surface area contributed by atoms with Crippen molar-refractivity contribution in [2.24, 2.45) is 0 Å². The highest BCUT2D eigenvalue weighted by Crippen LogP contribution is 2.15. The smallest absolute Gasteiger partial charge is 0.253 e. The van der Waals surface area contributed by atoms with Crippen LogP contribution < -0.4 is 0 Å². The molecule has 1 aliphatic heterocycles. The molecule has 4 heteroatoms. The number of aromatic nitrogens is 1. The summed E-state index contributed by atoms with van der Waals surface area (Å²) in [6, 6.07) is 4.10. The number of allylic oxidation sites excluding steroid dienone is 2. The summed E-state index contributed by atoms with van der Waals surface area (Å²) in [7, 11) is 0. The molecule has 21 heavy (non-hydrogen) atoms. The highest BCUT2D eigenvalue weighted by Gasteiger charge is 2.22. The third-order valence-corrected chi connectivity index (χ3v) is 4.06. The van der Waals surface area contributed by atoms with Crippen molar-refractivity contribution in [3.05, 3.63) is 53.9 Å². The molecule has 0 bridgehead atoms. The van der Waals surface area contributed by atoms with E-state index in [2.05, 4.69) is 34.2 Å². The number of hydrogen-bond acceptors (Lipinski definition) is 3. The predicted octanol–water partition coefficient (Wildman–Crippen LogP) is 2.00. The molecule has 0 saturated carbocycles. The van der Waals surface area contributed by atoms with Gasteiger partial charge in [0.15, 0.2) is 0 Å². The van der Waals surface area contributed by atoms with E-state index >= 15 is 0 Å². The third kappa shape index (κ3) is 3.58. The van der Waals surface area contributed by atoms with E-state index in [0.717, 1.165) is 51.1 Å². The molecule has 1 saturated heterocycles. The standard InChI is InChI=1S/C17H21N3O/c21-17(16-4-2-1-3-5-16)20-12-10-19(11-13-20)14-15-6-8-18-9-7-15/h2,4-9H,1,3,10-14H2. The van der Waals surface area contributed by atoms with Crippen LogP contribution >= 0.6 is 0 Å². The van der Waals surface area contributed by atoms with Crippen LogP contribution in [0.25, 0.3) is 0 Å². The lowest BCUT2D eigenvalue weighted by atomic mass is 10.1. The van der Waals surface area contributed by atoms with Gasteiger partial charge in [0, 0.05) is 50.7 Å². The Labute approximate surface area is 125 Å². The van der Waals surface area contributed by atoms with E-state index in [9.17, 15) is 4.79 Å². The SMILES string of the molecule is O=C(C1=CCCC=C1)N1CCN(Cc2ccncc2)CC1. The molecule has 2 aliphatic rings. The van der Waals surface area contributed by atoms with Crippen molar-refractivity contribution in [2.75, 3.05) is 26.2 Å². The lowest BCUT2D eigenvalue weighted by Gasteiger charge is -2.35. The van der Waals surface area contributed by atoms with Gasteiger partial charge in [0.05, 0.1) is 0 Å². The Kier molecular flexibility index (Phi) is 4.46. The van der Waals surface area contributed by atoms with Crippen LogP contribution in [-0.4, -0.2) is 46.9 Å². The molecule has 3 rings (SSSR count). The van der Waals surface area contributed by atoms with E-state index in [-0.39, 0.29) is 5.91 Å². The molecular weight excluding hydrogens is 262 g/mol. The highest BCUT2D eigenvalue weighted by atomic mass is 16.2. The molecule has 1 aliphatic carbocycles. The summed E-state index contributed by atoms with van der Waals surface area (Å²) < 4.78 is 0. The summed E-state index contributed by atoms with van der Waals surface area (Å²) in [5.74, 6) is 0.189. The molecule has 0 aromatic carbocycles. The molecule has 0 atom stereocenters. The molecule has 0 unspecified atom stereocenters. The maximum absolute atomic E-state index is 12.4. The van der Waals surface area contributed by atoms with Gasteiger partial charge in [-0.15, -0.1) is 0 Å². The van der Waals surface area contributed by atoms with E-state index in [4.69, 9.17) is 0 Å². The molecule has 0 spiro atoms. The van der Waals surface area contributed by atoms with Crippen LogP contribution in [0, 0.1) is 0 Å². The van der Waals surface area contributed by atoms with E-state index in [1.54, 1.807) is 0 Å². The summed E-state index contributed by atoms with van der Waals surface area (Å²) in [5, 5.41) is 0. The van der Waals surface area contributed by atoms with E-state index in [1.165, 1.54) is 5.56 Å². The fraction of sp³-hybridized carbons (Fsp3) is 0.412. The lowest BCUT2D eigenvalue weighted by molar-refractivity contribution is -0.128. The monoisotopic (exact) mass is 283 g/mol. The Morgan fingerprint density at radius 3 is 2.52 bits per heavy atom. The van der Waals surface area contributed by atoms with E-state index in [1.807, 2.05) is 23.4 Å². The summed E-state index contributed by atoms with van der Waals surface area (Å²) in [5.41, 5.74) is 2.14. The molecule has 1 aromatic rings. The Morgan fingerprint density at radius 1 is 1.10 bits per heavy atom. The van der Waals surface area contributed by atoms with E-state index in [0.29, 0.717) is 0 Å². The maximum atomic E-state index is 12.4. The number of rotatable bonds is 3. The summed E-state index contributed by atoms with van der Waals surface area (Å²) >= 11 is 0. The molecule has 1 fully saturated rings. The van der Waals surface area contributed by atoms with Gasteiger partial charge >= 0.3 is 0 Å². The van der Waals surface area contributed by atoms with Gasteiger partial charge < -0.3 is 4.90 Å². The Balaban J connectivity index is 1.52. The quantitative estimate of drug-likeness (QED) is 0.851. The van der Waals surface area contributed by atoms with Crippen molar-refractivity contribution in [2.45, 2.75) is 19.4 Å². The molecular formula is C17H21N3O. The minimum atomic E-state index is 0.189. The second-order valence-corrected chi connectivity index (χ2v) is 5.56. The van der Waals surface area contributed by atoms with Gasteiger partial charge in [-0.3, -0.25) is 14.7 Å². The van der Waals surface area contributed by atoms with Crippen molar-refractivity contribution >= 4 is 5.91 Å². The van der Waals surface area contributed by atoms with Crippen molar-refractivity contribution in [3.63, 3.8) is 0 Å². The lowest BCUT2D eigenvalue weighted by Crippen LogP contribution is -2.48. The number of amides is 1. The number of piperazine rings is 1. The Bertz CT molecular complexity index is 542. The highest BCUT2D eigenvalue weighted by molar-refractivity contribution is 5.96. The van der Waals surface area contributed by atoms with Crippen LogP contribution in [0.15, 0.2) is 48.3 Å². The topological polar surface area (TPSA) is 36.4 Å². The minimum absolute atomic E-state index is 0.189. The number of carbonyl (C=O) groups excluding carboxylic acids is 1. The van der Waals surface area contributed by atoms with Gasteiger partial charge in [-0.2, -0.15) is 0 Å². The van der Waals surface area contributed by atoms with Gasteiger partial charge in [-0.25, -0.2) is 0 Å². The first-order valence-electron chi connectivity index (χ1n) is 7.60. The largest absolute Gasteiger partial charge is 0.336 e. The fourth-order valence-electron chi connectivity index (χ4n) is 2.81. The van der Waals surface area contributed by atoms with Crippen LogP contribution in [0.5, 0.6) is 0 Å². The number of carbonyl (C=O) groups is 1. The van der Waals surface area contributed by atoms with Crippen LogP contribution in [0.2, 0.25) is 0 Å². The van der Waals surface area contributed by atoms with Gasteiger partial charge in [-0.05, 0) is 30.5 Å². The molecule has 0 N–H and O–H groups in total. The van der Waals surface area contributed by atoms with Gasteiger partial charge in [0.2, 0.25) is 0 Å². The summed E-state index contributed by atoms with van der Waals surface area (Å²) in [4.78, 5) is 20.8. The first-order chi connectivity index (χ1) is 10.3. The average molecular weight is 283 g/mol. The van der Waals surface area contributed by atoms with E-state index < -0.39 is 0 Å². The van der Waals surface area contributed by atoms with Crippen molar-refractivity contribution < 1.29 is 4.79 Å². The minimum Gasteiger partial charge on any atom is -0.336 e. The maximum Gasteiger partial charge on any atom is 0.253 e. The van der Waals surface area contributed by atoms with Crippen molar-refractivity contribution in [3.8, 4) is 0 Å². The zero-order chi connectivity index (χ0) is 14.5. The Hall–Kier alpha value is -1.94. The number of pyridine rings is 1. The normalized spacial score (nSPS) is 19.4. The van der Waals surface area contributed by atoms with Crippen LogP contribution in [0.1, 0.15) is 18.4 Å². The zero-order valence-electron chi connectivity index (χ0n) is 12.2.